The van der Waals surface area contributed by atoms with E-state index < -0.39 is 0 Å². The molecule has 2 aromatic carbocycles. The number of hydrogen-bond acceptors (Lipinski definition) is 2. The van der Waals surface area contributed by atoms with E-state index >= 15 is 0 Å². The average Bonchev–Trinajstić information content (AvgIpc) is 2.43. The zero-order valence-corrected chi connectivity index (χ0v) is 11.8. The first-order valence-electron chi connectivity index (χ1n) is 6.31. The molecular formula is C16H18FNS. The van der Waals surface area contributed by atoms with Crippen molar-refractivity contribution in [2.45, 2.75) is 25.0 Å². The fraction of sp³-hybridized carbons (Fsp3) is 0.250. The minimum Gasteiger partial charge on any atom is -0.326 e. The molecule has 1 nitrogen and oxygen atoms in total. The van der Waals surface area contributed by atoms with Crippen LogP contribution in [0.15, 0.2) is 42.5 Å². The minimum atomic E-state index is -0.151. The molecule has 0 saturated carbocycles. The maximum atomic E-state index is 14.0. The average molecular weight is 275 g/mol. The molecule has 0 radical (unpaired) electrons. The highest BCUT2D eigenvalue weighted by atomic mass is 32.2. The van der Waals surface area contributed by atoms with Crippen molar-refractivity contribution in [3.8, 4) is 0 Å². The molecule has 0 saturated heterocycles. The summed E-state index contributed by atoms with van der Waals surface area (Å²) in [6, 6.07) is 13.7. The molecule has 0 amide bonds. The summed E-state index contributed by atoms with van der Waals surface area (Å²) in [7, 11) is 0. The topological polar surface area (TPSA) is 26.0 Å². The van der Waals surface area contributed by atoms with E-state index in [4.69, 9.17) is 5.73 Å². The van der Waals surface area contributed by atoms with Crippen LogP contribution in [0.5, 0.6) is 0 Å². The van der Waals surface area contributed by atoms with Crippen LogP contribution in [0.1, 0.15) is 22.3 Å². The number of hydrogen-bond donors (Lipinski definition) is 1. The normalized spacial score (nSPS) is 10.7. The van der Waals surface area contributed by atoms with Gasteiger partial charge in [-0.3, -0.25) is 0 Å². The number of aryl methyl sites for hydroxylation is 1. The molecular weight excluding hydrogens is 257 g/mol. The summed E-state index contributed by atoms with van der Waals surface area (Å²) in [5.74, 6) is 1.43. The van der Waals surface area contributed by atoms with Crippen LogP contribution in [0.25, 0.3) is 0 Å². The number of rotatable bonds is 5. The summed E-state index contributed by atoms with van der Waals surface area (Å²) < 4.78 is 14.0. The smallest absolute Gasteiger partial charge is 0.131 e. The van der Waals surface area contributed by atoms with Crippen LogP contribution in [-0.4, -0.2) is 0 Å². The van der Waals surface area contributed by atoms with E-state index in [1.807, 2.05) is 24.3 Å². The molecule has 19 heavy (non-hydrogen) atoms. The number of benzene rings is 2. The Morgan fingerprint density at radius 3 is 2.32 bits per heavy atom. The SMILES string of the molecule is Cc1ccccc1CSCc1cccc(CN)c1F. The molecule has 100 valence electrons. The van der Waals surface area contributed by atoms with Crippen molar-refractivity contribution < 1.29 is 4.39 Å². The lowest BCUT2D eigenvalue weighted by atomic mass is 10.1. The Bertz CT molecular complexity index is 554. The summed E-state index contributed by atoms with van der Waals surface area (Å²) in [5.41, 5.74) is 9.43. The second kappa shape index (κ2) is 6.73. The number of halogens is 1. The standard InChI is InChI=1S/C16H18FNS/c1-12-5-2-3-6-14(12)10-19-11-15-8-4-7-13(9-18)16(15)17/h2-8H,9-11,18H2,1H3. The highest BCUT2D eigenvalue weighted by Gasteiger charge is 2.07. The Kier molecular flexibility index (Phi) is 5.00. The van der Waals surface area contributed by atoms with E-state index in [0.29, 0.717) is 11.3 Å². The summed E-state index contributed by atoms with van der Waals surface area (Å²) in [6.07, 6.45) is 0. The molecule has 0 atom stereocenters. The molecule has 0 aliphatic carbocycles. The molecule has 0 unspecified atom stereocenters. The first kappa shape index (κ1) is 14.1. The number of nitrogens with two attached hydrogens (primary N) is 1. The predicted molar refractivity (Wildman–Crippen MR) is 80.5 cm³/mol. The molecule has 0 bridgehead atoms. The van der Waals surface area contributed by atoms with Gasteiger partial charge >= 0.3 is 0 Å². The van der Waals surface area contributed by atoms with Crippen molar-refractivity contribution in [1.82, 2.24) is 0 Å². The van der Waals surface area contributed by atoms with E-state index in [-0.39, 0.29) is 12.4 Å². The van der Waals surface area contributed by atoms with Crippen molar-refractivity contribution in [3.63, 3.8) is 0 Å². The maximum Gasteiger partial charge on any atom is 0.131 e. The van der Waals surface area contributed by atoms with Crippen LogP contribution in [0.3, 0.4) is 0 Å². The zero-order valence-electron chi connectivity index (χ0n) is 11.0. The third kappa shape index (κ3) is 3.58. The monoisotopic (exact) mass is 275 g/mol. The highest BCUT2D eigenvalue weighted by molar-refractivity contribution is 7.97. The van der Waals surface area contributed by atoms with E-state index in [1.165, 1.54) is 11.1 Å². The minimum absolute atomic E-state index is 0.151. The van der Waals surface area contributed by atoms with Crippen LogP contribution in [0, 0.1) is 12.7 Å². The quantitative estimate of drug-likeness (QED) is 0.891. The fourth-order valence-corrected chi connectivity index (χ4v) is 3.03. The molecule has 2 aromatic rings. The van der Waals surface area contributed by atoms with Gasteiger partial charge in [0.15, 0.2) is 0 Å². The highest BCUT2D eigenvalue weighted by Crippen LogP contribution is 2.22. The number of thioether (sulfide) groups is 1. The van der Waals surface area contributed by atoms with E-state index in [0.717, 1.165) is 11.3 Å². The Balaban J connectivity index is 1.98. The van der Waals surface area contributed by atoms with E-state index in [2.05, 4.69) is 19.1 Å². The van der Waals surface area contributed by atoms with Crippen molar-refractivity contribution >= 4 is 11.8 Å². The first-order chi connectivity index (χ1) is 9.22. The third-order valence-electron chi connectivity index (χ3n) is 3.15. The summed E-state index contributed by atoms with van der Waals surface area (Å²) in [6.45, 7) is 2.35. The van der Waals surface area contributed by atoms with Crippen molar-refractivity contribution in [1.29, 1.82) is 0 Å². The van der Waals surface area contributed by atoms with Gasteiger partial charge in [-0.2, -0.15) is 11.8 Å². The Hall–Kier alpha value is -1.32. The lowest BCUT2D eigenvalue weighted by Crippen LogP contribution is -2.02. The molecule has 0 fully saturated rings. The van der Waals surface area contributed by atoms with E-state index in [9.17, 15) is 4.39 Å². The largest absolute Gasteiger partial charge is 0.326 e. The molecule has 0 aliphatic heterocycles. The van der Waals surface area contributed by atoms with Gasteiger partial charge in [0.05, 0.1) is 0 Å². The molecule has 3 heteroatoms. The van der Waals surface area contributed by atoms with Gasteiger partial charge in [-0.1, -0.05) is 42.5 Å². The molecule has 0 aromatic heterocycles. The van der Waals surface area contributed by atoms with Gasteiger partial charge in [0.25, 0.3) is 0 Å². The van der Waals surface area contributed by atoms with Crippen LogP contribution in [-0.2, 0) is 18.1 Å². The Morgan fingerprint density at radius 1 is 0.947 bits per heavy atom. The first-order valence-corrected chi connectivity index (χ1v) is 7.46. The van der Waals surface area contributed by atoms with Gasteiger partial charge in [0, 0.05) is 23.6 Å². The van der Waals surface area contributed by atoms with Crippen LogP contribution >= 0.6 is 11.8 Å². The van der Waals surface area contributed by atoms with Gasteiger partial charge in [0.1, 0.15) is 5.82 Å². The molecule has 2 rings (SSSR count). The lowest BCUT2D eigenvalue weighted by Gasteiger charge is -2.08. The second-order valence-electron chi connectivity index (χ2n) is 4.51. The summed E-state index contributed by atoms with van der Waals surface area (Å²) in [4.78, 5) is 0. The van der Waals surface area contributed by atoms with Gasteiger partial charge in [-0.15, -0.1) is 0 Å². The lowest BCUT2D eigenvalue weighted by molar-refractivity contribution is 0.600. The van der Waals surface area contributed by atoms with Crippen molar-refractivity contribution in [2.75, 3.05) is 0 Å². The van der Waals surface area contributed by atoms with Crippen LogP contribution in [0.2, 0.25) is 0 Å². The zero-order chi connectivity index (χ0) is 13.7. The third-order valence-corrected chi connectivity index (χ3v) is 4.19. The molecule has 0 aliphatic rings. The van der Waals surface area contributed by atoms with Gasteiger partial charge in [-0.05, 0) is 23.6 Å². The van der Waals surface area contributed by atoms with E-state index in [1.54, 1.807) is 17.8 Å². The van der Waals surface area contributed by atoms with Crippen molar-refractivity contribution in [3.05, 3.63) is 70.5 Å². The van der Waals surface area contributed by atoms with Crippen molar-refractivity contribution in [2.24, 2.45) is 5.73 Å². The molecule has 0 heterocycles. The summed E-state index contributed by atoms with van der Waals surface area (Å²) in [5, 5.41) is 0. The summed E-state index contributed by atoms with van der Waals surface area (Å²) >= 11 is 1.73. The van der Waals surface area contributed by atoms with Crippen LogP contribution in [0.4, 0.5) is 4.39 Å². The predicted octanol–water partition coefficient (Wildman–Crippen LogP) is 4.03. The molecule has 0 spiro atoms. The molecule has 2 N–H and O–H groups in total. The Labute approximate surface area is 118 Å². The fourth-order valence-electron chi connectivity index (χ4n) is 1.95. The maximum absolute atomic E-state index is 14.0. The van der Waals surface area contributed by atoms with Gasteiger partial charge in [0.2, 0.25) is 0 Å². The second-order valence-corrected chi connectivity index (χ2v) is 5.50. The Morgan fingerprint density at radius 2 is 1.58 bits per heavy atom. The van der Waals surface area contributed by atoms with Gasteiger partial charge in [-0.25, -0.2) is 4.39 Å². The van der Waals surface area contributed by atoms with Gasteiger partial charge < -0.3 is 5.73 Å². The van der Waals surface area contributed by atoms with Crippen LogP contribution < -0.4 is 5.73 Å².